The van der Waals surface area contributed by atoms with Crippen molar-refractivity contribution in [1.29, 1.82) is 0 Å². The first-order chi connectivity index (χ1) is 9.19. The molecule has 102 valence electrons. The molecule has 1 aliphatic rings. The molecule has 2 N–H and O–H groups in total. The lowest BCUT2D eigenvalue weighted by Gasteiger charge is -2.19. The molecule has 7 heteroatoms. The minimum Gasteiger partial charge on any atom is -0.346 e. The van der Waals surface area contributed by atoms with Crippen LogP contribution in [0.5, 0.6) is 0 Å². The van der Waals surface area contributed by atoms with Crippen LogP contribution in [0.4, 0.5) is 0 Å². The van der Waals surface area contributed by atoms with Crippen LogP contribution in [0.15, 0.2) is 23.8 Å². The van der Waals surface area contributed by atoms with E-state index in [1.54, 1.807) is 12.5 Å². The van der Waals surface area contributed by atoms with E-state index in [1.807, 2.05) is 17.7 Å². The van der Waals surface area contributed by atoms with Crippen LogP contribution in [0, 0.1) is 0 Å². The molecule has 2 heterocycles. The fourth-order valence-electron chi connectivity index (χ4n) is 1.83. The largest absolute Gasteiger partial charge is 0.346 e. The predicted octanol–water partition coefficient (Wildman–Crippen LogP) is 0.0439. The van der Waals surface area contributed by atoms with Crippen molar-refractivity contribution >= 4 is 17.5 Å². The van der Waals surface area contributed by atoms with Crippen LogP contribution in [-0.2, 0) is 16.1 Å². The van der Waals surface area contributed by atoms with Gasteiger partial charge in [-0.05, 0) is 6.42 Å². The number of hydrogen-bond acceptors (Lipinski definition) is 4. The first-order valence-corrected chi connectivity index (χ1v) is 6.31. The average Bonchev–Trinajstić information content (AvgIpc) is 2.91. The highest BCUT2D eigenvalue weighted by Gasteiger charge is 2.20. The van der Waals surface area contributed by atoms with Crippen molar-refractivity contribution in [3.8, 4) is 0 Å². The van der Waals surface area contributed by atoms with Crippen molar-refractivity contribution in [2.24, 2.45) is 5.10 Å². The van der Waals surface area contributed by atoms with Gasteiger partial charge in [-0.25, -0.2) is 10.4 Å². The van der Waals surface area contributed by atoms with Gasteiger partial charge in [-0.1, -0.05) is 6.92 Å². The van der Waals surface area contributed by atoms with Gasteiger partial charge in [0, 0.05) is 37.8 Å². The van der Waals surface area contributed by atoms with E-state index in [0.29, 0.717) is 25.1 Å². The first kappa shape index (κ1) is 13.3. The Morgan fingerprint density at radius 3 is 3.00 bits per heavy atom. The number of hydrogen-bond donors (Lipinski definition) is 2. The van der Waals surface area contributed by atoms with Gasteiger partial charge in [0.05, 0.1) is 6.33 Å². The molecule has 1 aliphatic heterocycles. The van der Waals surface area contributed by atoms with E-state index in [9.17, 15) is 9.59 Å². The van der Waals surface area contributed by atoms with Gasteiger partial charge >= 0.3 is 0 Å². The molecule has 19 heavy (non-hydrogen) atoms. The lowest BCUT2D eigenvalue weighted by molar-refractivity contribution is -0.121. The number of imidazole rings is 1. The molecule has 1 unspecified atom stereocenters. The summed E-state index contributed by atoms with van der Waals surface area (Å²) in [6.07, 6.45) is 6.78. The maximum absolute atomic E-state index is 12.0. The highest BCUT2D eigenvalue weighted by Crippen LogP contribution is 2.02. The highest BCUT2D eigenvalue weighted by atomic mass is 16.2. The molecule has 1 atom stereocenters. The normalized spacial score (nSPS) is 16.5. The van der Waals surface area contributed by atoms with Gasteiger partial charge in [-0.15, -0.1) is 0 Å². The topological polar surface area (TPSA) is 88.4 Å². The summed E-state index contributed by atoms with van der Waals surface area (Å²) in [5, 5.41) is 6.70. The lowest BCUT2D eigenvalue weighted by atomic mass is 10.1. The van der Waals surface area contributed by atoms with Gasteiger partial charge in [0.15, 0.2) is 0 Å². The van der Waals surface area contributed by atoms with Gasteiger partial charge in [-0.2, -0.15) is 5.10 Å². The molecule has 0 bridgehead atoms. The van der Waals surface area contributed by atoms with Crippen molar-refractivity contribution in [3.63, 3.8) is 0 Å². The molecular weight excluding hydrogens is 246 g/mol. The maximum Gasteiger partial charge on any atom is 0.267 e. The third-order valence-corrected chi connectivity index (χ3v) is 2.98. The average molecular weight is 263 g/mol. The molecule has 0 fully saturated rings. The molecule has 1 aromatic heterocycles. The van der Waals surface area contributed by atoms with E-state index in [4.69, 9.17) is 0 Å². The third-order valence-electron chi connectivity index (χ3n) is 2.98. The number of carbonyl (C=O) groups excluding carboxylic acids is 2. The first-order valence-electron chi connectivity index (χ1n) is 6.31. The number of nitrogens with one attached hydrogen (secondary N) is 2. The standard InChI is InChI=1S/C12H17N5O2/c1-2-9(7-17-6-5-13-8-17)14-12(19)10-3-4-11(18)16-15-10/h5-6,8-9H,2-4,7H2,1H3,(H,14,19)(H,16,18). The van der Waals surface area contributed by atoms with Crippen LogP contribution in [0.1, 0.15) is 26.2 Å². The number of hydrazone groups is 1. The van der Waals surface area contributed by atoms with Gasteiger partial charge in [0.25, 0.3) is 5.91 Å². The fraction of sp³-hybridized carbons (Fsp3) is 0.500. The number of rotatable bonds is 5. The second-order valence-corrected chi connectivity index (χ2v) is 4.43. The zero-order valence-corrected chi connectivity index (χ0v) is 10.8. The zero-order valence-electron chi connectivity index (χ0n) is 10.8. The molecule has 0 aromatic carbocycles. The van der Waals surface area contributed by atoms with Crippen LogP contribution in [0.2, 0.25) is 0 Å². The quantitative estimate of drug-likeness (QED) is 0.786. The third kappa shape index (κ3) is 3.64. The smallest absolute Gasteiger partial charge is 0.267 e. The number of aromatic nitrogens is 2. The van der Waals surface area contributed by atoms with Crippen molar-refractivity contribution in [2.75, 3.05) is 0 Å². The number of nitrogens with zero attached hydrogens (tertiary/aromatic N) is 3. The SMILES string of the molecule is CCC(Cn1ccnc1)NC(=O)C1=NNC(=O)CC1. The van der Waals surface area contributed by atoms with E-state index < -0.39 is 0 Å². The summed E-state index contributed by atoms with van der Waals surface area (Å²) in [4.78, 5) is 26.9. The Bertz CT molecular complexity index is 480. The van der Waals surface area contributed by atoms with Gasteiger partial charge in [0.2, 0.25) is 5.91 Å². The monoisotopic (exact) mass is 263 g/mol. The second-order valence-electron chi connectivity index (χ2n) is 4.43. The fourth-order valence-corrected chi connectivity index (χ4v) is 1.83. The van der Waals surface area contributed by atoms with Crippen LogP contribution in [0.25, 0.3) is 0 Å². The zero-order chi connectivity index (χ0) is 13.7. The van der Waals surface area contributed by atoms with Crippen molar-refractivity contribution in [1.82, 2.24) is 20.3 Å². The van der Waals surface area contributed by atoms with Crippen LogP contribution < -0.4 is 10.7 Å². The number of amides is 2. The summed E-state index contributed by atoms with van der Waals surface area (Å²) in [7, 11) is 0. The van der Waals surface area contributed by atoms with Gasteiger partial charge in [0.1, 0.15) is 5.71 Å². The van der Waals surface area contributed by atoms with Gasteiger partial charge in [-0.3, -0.25) is 9.59 Å². The Kier molecular flexibility index (Phi) is 4.27. The van der Waals surface area contributed by atoms with E-state index >= 15 is 0 Å². The molecule has 0 spiro atoms. The molecule has 7 nitrogen and oxygen atoms in total. The Morgan fingerprint density at radius 2 is 2.42 bits per heavy atom. The van der Waals surface area contributed by atoms with Gasteiger partial charge < -0.3 is 9.88 Å². The summed E-state index contributed by atoms with van der Waals surface area (Å²) in [6, 6.07) is 0.0158. The van der Waals surface area contributed by atoms with Crippen molar-refractivity contribution in [3.05, 3.63) is 18.7 Å². The molecule has 1 aromatic rings. The predicted molar refractivity (Wildman–Crippen MR) is 69.3 cm³/mol. The van der Waals surface area contributed by atoms with Crippen molar-refractivity contribution in [2.45, 2.75) is 38.8 Å². The van der Waals surface area contributed by atoms with Crippen LogP contribution in [0.3, 0.4) is 0 Å². The summed E-state index contributed by atoms with van der Waals surface area (Å²) in [5.74, 6) is -0.367. The highest BCUT2D eigenvalue weighted by molar-refractivity contribution is 6.39. The Morgan fingerprint density at radius 1 is 1.58 bits per heavy atom. The van der Waals surface area contributed by atoms with E-state index in [0.717, 1.165) is 6.42 Å². The molecule has 2 amide bonds. The molecule has 2 rings (SSSR count). The summed E-state index contributed by atoms with van der Waals surface area (Å²) >= 11 is 0. The molecule has 0 saturated heterocycles. The summed E-state index contributed by atoms with van der Waals surface area (Å²) in [6.45, 7) is 2.67. The van der Waals surface area contributed by atoms with E-state index in [-0.39, 0.29) is 17.9 Å². The van der Waals surface area contributed by atoms with E-state index in [2.05, 4.69) is 20.8 Å². The number of carbonyl (C=O) groups is 2. The Labute approximate surface area is 111 Å². The van der Waals surface area contributed by atoms with E-state index in [1.165, 1.54) is 0 Å². The molecular formula is C12H17N5O2. The second kappa shape index (κ2) is 6.12. The van der Waals surface area contributed by atoms with Crippen molar-refractivity contribution < 1.29 is 9.59 Å². The van der Waals surface area contributed by atoms with Crippen LogP contribution in [-0.4, -0.2) is 33.1 Å². The molecule has 0 saturated carbocycles. The Hall–Kier alpha value is -2.18. The maximum atomic E-state index is 12.0. The summed E-state index contributed by atoms with van der Waals surface area (Å²) in [5.41, 5.74) is 2.70. The molecule has 0 aliphatic carbocycles. The minimum absolute atomic E-state index is 0.0158. The lowest BCUT2D eigenvalue weighted by Crippen LogP contribution is -2.43. The molecule has 0 radical (unpaired) electrons. The Balaban J connectivity index is 1.91. The summed E-state index contributed by atoms with van der Waals surface area (Å²) < 4.78 is 1.92. The minimum atomic E-state index is -0.216. The van der Waals surface area contributed by atoms with Crippen LogP contribution >= 0.6 is 0 Å².